The second kappa shape index (κ2) is 8.76. The molecule has 0 amide bonds. The molecule has 6 heteroatoms. The number of thioether (sulfide) groups is 1. The number of pyridine rings is 1. The van der Waals surface area contributed by atoms with Gasteiger partial charge >= 0.3 is 5.69 Å². The lowest BCUT2D eigenvalue weighted by atomic mass is 9.87. The largest absolute Gasteiger partial charge is 0.302 e. The van der Waals surface area contributed by atoms with Crippen molar-refractivity contribution in [3.05, 3.63) is 63.3 Å². The predicted molar refractivity (Wildman–Crippen MR) is 100 cm³/mol. The van der Waals surface area contributed by atoms with E-state index in [2.05, 4.69) is 4.98 Å². The smallest absolute Gasteiger partial charge is 0.294 e. The Morgan fingerprint density at radius 1 is 1.24 bits per heavy atom. The van der Waals surface area contributed by atoms with Crippen LogP contribution in [0.2, 0.25) is 0 Å². The van der Waals surface area contributed by atoms with Gasteiger partial charge in [0.2, 0.25) is 0 Å². The van der Waals surface area contributed by atoms with Crippen LogP contribution in [0.5, 0.6) is 0 Å². The number of rotatable bonds is 4. The molecular formula is C19H22N2O3S. The fourth-order valence-electron chi connectivity index (χ4n) is 2.71. The Balaban J connectivity index is 0.00000109. The topological polar surface area (TPSA) is 73.1 Å². The zero-order valence-corrected chi connectivity index (χ0v) is 15.5. The van der Waals surface area contributed by atoms with E-state index < -0.39 is 4.92 Å². The van der Waals surface area contributed by atoms with E-state index in [0.29, 0.717) is 34.9 Å². The normalized spacial score (nSPS) is 15.8. The zero-order valence-electron chi connectivity index (χ0n) is 14.7. The number of benzene rings is 1. The average Bonchev–Trinajstić information content (AvgIpc) is 2.61. The summed E-state index contributed by atoms with van der Waals surface area (Å²) in [5.41, 5.74) is 2.11. The molecule has 25 heavy (non-hydrogen) atoms. The molecule has 0 bridgehead atoms. The molecule has 132 valence electrons. The summed E-state index contributed by atoms with van der Waals surface area (Å²) >= 11 is 1.34. The van der Waals surface area contributed by atoms with Gasteiger partial charge in [-0.2, -0.15) is 0 Å². The van der Waals surface area contributed by atoms with Gasteiger partial charge < -0.3 is 0 Å². The molecule has 0 aliphatic heterocycles. The van der Waals surface area contributed by atoms with E-state index in [4.69, 9.17) is 0 Å². The number of nitro groups is 1. The summed E-state index contributed by atoms with van der Waals surface area (Å²) in [6, 6.07) is 11.2. The lowest BCUT2D eigenvalue weighted by molar-refractivity contribution is -0.388. The molecule has 3 rings (SSSR count). The minimum Gasteiger partial charge on any atom is -0.294 e. The monoisotopic (exact) mass is 358 g/mol. The first kappa shape index (κ1) is 19.1. The number of nitrogens with zero attached hydrogens (tertiary/aromatic N) is 2. The van der Waals surface area contributed by atoms with Gasteiger partial charge in [-0.25, -0.2) is 4.98 Å². The van der Waals surface area contributed by atoms with Crippen molar-refractivity contribution in [3.63, 3.8) is 0 Å². The van der Waals surface area contributed by atoms with Crippen LogP contribution in [0.15, 0.2) is 41.4 Å². The summed E-state index contributed by atoms with van der Waals surface area (Å²) in [5, 5.41) is 11.7. The van der Waals surface area contributed by atoms with E-state index >= 15 is 0 Å². The second-order valence-electron chi connectivity index (χ2n) is 5.77. The number of aromatic nitrogens is 1. The molecule has 1 aromatic heterocycles. The quantitative estimate of drug-likeness (QED) is 0.433. The van der Waals surface area contributed by atoms with Crippen molar-refractivity contribution in [3.8, 4) is 0 Å². The van der Waals surface area contributed by atoms with Gasteiger partial charge in [0, 0.05) is 23.8 Å². The fraction of sp³-hybridized carbons (Fsp3) is 0.368. The van der Waals surface area contributed by atoms with Crippen LogP contribution >= 0.6 is 11.8 Å². The van der Waals surface area contributed by atoms with Gasteiger partial charge in [0.25, 0.3) is 0 Å². The molecule has 2 aromatic rings. The average molecular weight is 358 g/mol. The van der Waals surface area contributed by atoms with Crippen molar-refractivity contribution in [2.24, 2.45) is 5.92 Å². The number of hydrogen-bond acceptors (Lipinski definition) is 5. The highest BCUT2D eigenvalue weighted by Crippen LogP contribution is 2.34. The Morgan fingerprint density at radius 2 is 1.92 bits per heavy atom. The first-order valence-corrected chi connectivity index (χ1v) is 9.41. The number of Topliss-reactive ketones (excluding diaryl/α,β-unsaturated/α-hetero) is 1. The highest BCUT2D eigenvalue weighted by molar-refractivity contribution is 7.98. The third-order valence-corrected chi connectivity index (χ3v) is 4.89. The van der Waals surface area contributed by atoms with Crippen molar-refractivity contribution in [2.75, 3.05) is 0 Å². The van der Waals surface area contributed by atoms with Crippen LogP contribution in [0, 0.1) is 16.0 Å². The fourth-order valence-corrected chi connectivity index (χ4v) is 3.66. The van der Waals surface area contributed by atoms with Crippen molar-refractivity contribution in [1.29, 1.82) is 0 Å². The molecule has 1 aliphatic rings. The molecule has 0 saturated heterocycles. The van der Waals surface area contributed by atoms with E-state index in [1.165, 1.54) is 17.8 Å². The molecule has 0 spiro atoms. The number of ketones is 1. The maximum atomic E-state index is 12.1. The van der Waals surface area contributed by atoms with Crippen molar-refractivity contribution >= 4 is 23.2 Å². The lowest BCUT2D eigenvalue weighted by Gasteiger charge is -2.19. The van der Waals surface area contributed by atoms with Crippen molar-refractivity contribution in [1.82, 2.24) is 4.98 Å². The first-order chi connectivity index (χ1) is 12.0. The number of hydrogen-bond donors (Lipinski definition) is 0. The highest BCUT2D eigenvalue weighted by atomic mass is 32.2. The zero-order chi connectivity index (χ0) is 18.4. The molecule has 1 aliphatic carbocycles. The van der Waals surface area contributed by atoms with Crippen LogP contribution in [-0.2, 0) is 12.2 Å². The summed E-state index contributed by atoms with van der Waals surface area (Å²) in [6.07, 6.45) is 1.13. The highest BCUT2D eigenvalue weighted by Gasteiger charge is 2.28. The van der Waals surface area contributed by atoms with Gasteiger partial charge in [0.15, 0.2) is 10.8 Å². The summed E-state index contributed by atoms with van der Waals surface area (Å²) < 4.78 is 0. The van der Waals surface area contributed by atoms with Gasteiger partial charge in [-0.1, -0.05) is 62.9 Å². The van der Waals surface area contributed by atoms with Gasteiger partial charge in [-0.15, -0.1) is 0 Å². The lowest BCUT2D eigenvalue weighted by Crippen LogP contribution is -2.20. The van der Waals surface area contributed by atoms with Gasteiger partial charge in [-0.05, 0) is 17.9 Å². The molecule has 1 aromatic carbocycles. The molecule has 1 unspecified atom stereocenters. The molecular weight excluding hydrogens is 336 g/mol. The molecule has 0 radical (unpaired) electrons. The molecule has 0 fully saturated rings. The SMILES string of the molecule is CC.CC1CC(=O)c2cc([N+](=O)[O-])c(SCc3ccccc3)nc2C1. The van der Waals surface area contributed by atoms with Crippen LogP contribution in [0.1, 0.15) is 48.8 Å². The minimum atomic E-state index is -0.452. The first-order valence-electron chi connectivity index (χ1n) is 8.43. The van der Waals surface area contributed by atoms with Crippen LogP contribution in [0.3, 0.4) is 0 Å². The molecule has 1 atom stereocenters. The summed E-state index contributed by atoms with van der Waals surface area (Å²) in [5.74, 6) is 0.793. The Hall–Kier alpha value is -2.21. The predicted octanol–water partition coefficient (Wildman–Crippen LogP) is 5.07. The second-order valence-corrected chi connectivity index (χ2v) is 6.74. The number of carbonyl (C=O) groups excluding carboxylic acids is 1. The third-order valence-electron chi connectivity index (χ3n) is 3.84. The van der Waals surface area contributed by atoms with Crippen LogP contribution in [0.4, 0.5) is 5.69 Å². The maximum Gasteiger partial charge on any atom is 0.302 e. The number of fused-ring (bicyclic) bond motifs is 1. The van der Waals surface area contributed by atoms with Gasteiger partial charge in [-0.3, -0.25) is 14.9 Å². The van der Waals surface area contributed by atoms with Crippen molar-refractivity contribution in [2.45, 2.75) is 44.4 Å². The van der Waals surface area contributed by atoms with Gasteiger partial charge in [0.05, 0.1) is 10.6 Å². The van der Waals surface area contributed by atoms with Crippen molar-refractivity contribution < 1.29 is 9.72 Å². The van der Waals surface area contributed by atoms with E-state index in [1.807, 2.05) is 51.1 Å². The van der Waals surface area contributed by atoms with Crippen LogP contribution < -0.4 is 0 Å². The molecule has 0 N–H and O–H groups in total. The van der Waals surface area contributed by atoms with E-state index in [1.54, 1.807) is 0 Å². The Kier molecular flexibility index (Phi) is 6.70. The van der Waals surface area contributed by atoms with E-state index in [9.17, 15) is 14.9 Å². The molecule has 0 saturated carbocycles. The summed E-state index contributed by atoms with van der Waals surface area (Å²) in [4.78, 5) is 27.4. The summed E-state index contributed by atoms with van der Waals surface area (Å²) in [6.45, 7) is 6.00. The summed E-state index contributed by atoms with van der Waals surface area (Å²) in [7, 11) is 0. The maximum absolute atomic E-state index is 12.1. The van der Waals surface area contributed by atoms with E-state index in [0.717, 1.165) is 5.56 Å². The number of carbonyl (C=O) groups is 1. The Morgan fingerprint density at radius 3 is 2.56 bits per heavy atom. The third kappa shape index (κ3) is 4.66. The van der Waals surface area contributed by atoms with Gasteiger partial charge in [0.1, 0.15) is 0 Å². The van der Waals surface area contributed by atoms with Crippen LogP contribution in [0.25, 0.3) is 0 Å². The molecule has 1 heterocycles. The Labute approximate surface area is 152 Å². The Bertz CT molecular complexity index is 763. The minimum absolute atomic E-state index is 0.0473. The van der Waals surface area contributed by atoms with Crippen LogP contribution in [-0.4, -0.2) is 15.7 Å². The standard InChI is InChI=1S/C17H16N2O3S.C2H6/c1-11-7-14-13(16(20)8-11)9-15(19(21)22)17(18-14)23-10-12-5-3-2-4-6-12;1-2/h2-6,9,11H,7-8,10H2,1H3;1-2H3. The molecule has 5 nitrogen and oxygen atoms in total. The van der Waals surface area contributed by atoms with E-state index in [-0.39, 0.29) is 17.4 Å².